The molecule has 3 aliphatic rings. The zero-order chi connectivity index (χ0) is 32.8. The highest BCUT2D eigenvalue weighted by molar-refractivity contribution is 7.90. The number of primary amides is 1. The number of likely N-dealkylation sites (tertiary alicyclic amines) is 1. The van der Waals surface area contributed by atoms with Crippen molar-refractivity contribution in [1.82, 2.24) is 15.5 Å². The number of amides is 4. The first-order valence-corrected chi connectivity index (χ1v) is 17.4. The predicted octanol–water partition coefficient (Wildman–Crippen LogP) is 2.31. The summed E-state index contributed by atoms with van der Waals surface area (Å²) in [7, 11) is -3.47. The molecule has 2 aliphatic carbocycles. The molecular formula is C30H41N7O7S. The number of azide groups is 1. The van der Waals surface area contributed by atoms with Crippen LogP contribution in [0.25, 0.3) is 10.4 Å². The number of carbonyl (C=O) groups is 5. The average molecular weight is 644 g/mol. The number of rotatable bonds is 11. The molecule has 1 saturated heterocycles. The molecule has 4 rings (SSSR count). The molecule has 2 unspecified atom stereocenters. The van der Waals surface area contributed by atoms with Crippen LogP contribution in [-0.4, -0.2) is 79.2 Å². The Morgan fingerprint density at radius 1 is 1.04 bits per heavy atom. The van der Waals surface area contributed by atoms with E-state index < -0.39 is 62.9 Å². The van der Waals surface area contributed by atoms with Crippen LogP contribution in [0.3, 0.4) is 0 Å². The van der Waals surface area contributed by atoms with Gasteiger partial charge in [0.25, 0.3) is 11.8 Å². The third kappa shape index (κ3) is 8.20. The van der Waals surface area contributed by atoms with Crippen molar-refractivity contribution in [2.24, 2.45) is 16.8 Å². The monoisotopic (exact) mass is 643 g/mol. The molecule has 1 aliphatic heterocycles. The van der Waals surface area contributed by atoms with E-state index in [1.807, 2.05) is 0 Å². The number of Topliss-reactive ketones (excluding diaryl/α,β-unsaturated/α-hetero) is 1. The Hall–Kier alpha value is -3.97. The van der Waals surface area contributed by atoms with E-state index in [1.165, 1.54) is 29.2 Å². The smallest absolute Gasteiger partial charge is 0.287 e. The number of nitrogens with one attached hydrogen (secondary N) is 2. The van der Waals surface area contributed by atoms with Crippen LogP contribution in [0.5, 0.6) is 0 Å². The van der Waals surface area contributed by atoms with Gasteiger partial charge < -0.3 is 21.3 Å². The maximum Gasteiger partial charge on any atom is 0.287 e. The van der Waals surface area contributed by atoms with Crippen LogP contribution in [-0.2, 0) is 29.0 Å². The van der Waals surface area contributed by atoms with E-state index in [9.17, 15) is 32.4 Å². The molecule has 3 fully saturated rings. The van der Waals surface area contributed by atoms with Crippen molar-refractivity contribution < 1.29 is 32.4 Å². The standard InChI is InChI=1S/C30H41N7O7S/c1-45(43,44)22-12-10-20(11-13-22)27(40)33-23(16-19-8-4-2-5-9-19)29(42)37-18-21(35-36-32)17-24(37)28(41)34-30(25(38)26(31)39)14-6-3-7-15-30/h10-13,19,21,23-24H,2-9,14-18H2,1H3,(H2,31,39)(H,33,40)(H,34,41)/t21?,23-,24?/m1/s1. The van der Waals surface area contributed by atoms with Gasteiger partial charge in [0, 0.05) is 23.3 Å². The van der Waals surface area contributed by atoms with Gasteiger partial charge in [-0.15, -0.1) is 0 Å². The van der Waals surface area contributed by atoms with Crippen molar-refractivity contribution >= 4 is 39.2 Å². The van der Waals surface area contributed by atoms with Crippen LogP contribution < -0.4 is 16.4 Å². The molecule has 244 valence electrons. The minimum absolute atomic E-state index is 0.000472. The Balaban J connectivity index is 1.61. The van der Waals surface area contributed by atoms with E-state index in [0.717, 1.165) is 44.8 Å². The molecule has 1 aromatic rings. The second-order valence-electron chi connectivity index (χ2n) is 12.5. The Kier molecular flexibility index (Phi) is 10.9. The number of nitrogens with zero attached hydrogens (tertiary/aromatic N) is 4. The van der Waals surface area contributed by atoms with E-state index in [-0.39, 0.29) is 42.2 Å². The highest BCUT2D eigenvalue weighted by atomic mass is 32.2. The summed E-state index contributed by atoms with van der Waals surface area (Å²) in [4.78, 5) is 70.4. The van der Waals surface area contributed by atoms with E-state index in [2.05, 4.69) is 20.7 Å². The SMILES string of the molecule is CS(=O)(=O)c1ccc(C(=O)N[C@H](CC2CCCCC2)C(=O)N2CC(N=[N+]=[N-])CC2C(=O)NC2(C(=O)C(N)=O)CCCCC2)cc1. The maximum atomic E-state index is 14.2. The molecule has 1 heterocycles. The first kappa shape index (κ1) is 33.9. The van der Waals surface area contributed by atoms with Gasteiger partial charge in [-0.1, -0.05) is 56.5 Å². The van der Waals surface area contributed by atoms with Crippen molar-refractivity contribution in [2.45, 2.75) is 106 Å². The third-order valence-corrected chi connectivity index (χ3v) is 10.4. The van der Waals surface area contributed by atoms with Gasteiger partial charge in [0.05, 0.1) is 10.9 Å². The van der Waals surface area contributed by atoms with Crippen molar-refractivity contribution in [3.05, 3.63) is 40.3 Å². The van der Waals surface area contributed by atoms with Gasteiger partial charge in [0.1, 0.15) is 17.6 Å². The zero-order valence-electron chi connectivity index (χ0n) is 25.4. The lowest BCUT2D eigenvalue weighted by Gasteiger charge is -2.38. The Morgan fingerprint density at radius 3 is 2.24 bits per heavy atom. The molecule has 3 atom stereocenters. The summed E-state index contributed by atoms with van der Waals surface area (Å²) < 4.78 is 23.7. The second-order valence-corrected chi connectivity index (χ2v) is 14.5. The molecule has 15 heteroatoms. The summed E-state index contributed by atoms with van der Waals surface area (Å²) in [5.74, 6) is -3.65. The fourth-order valence-corrected chi connectivity index (χ4v) is 7.49. The quantitative estimate of drug-likeness (QED) is 0.141. The van der Waals surface area contributed by atoms with Crippen molar-refractivity contribution in [2.75, 3.05) is 12.8 Å². The number of carbonyl (C=O) groups excluding carboxylic acids is 5. The Labute approximate surface area is 262 Å². The van der Waals surface area contributed by atoms with Gasteiger partial charge in [-0.3, -0.25) is 24.0 Å². The lowest BCUT2D eigenvalue weighted by atomic mass is 9.78. The lowest BCUT2D eigenvalue weighted by Crippen LogP contribution is -2.62. The lowest BCUT2D eigenvalue weighted by molar-refractivity contribution is -0.145. The first-order chi connectivity index (χ1) is 21.3. The van der Waals surface area contributed by atoms with Gasteiger partial charge in [0.15, 0.2) is 9.84 Å². The summed E-state index contributed by atoms with van der Waals surface area (Å²) in [6.07, 6.45) is 8.74. The van der Waals surface area contributed by atoms with Gasteiger partial charge >= 0.3 is 0 Å². The number of hydrogen-bond acceptors (Lipinski definition) is 8. The molecule has 0 radical (unpaired) electrons. The molecule has 45 heavy (non-hydrogen) atoms. The van der Waals surface area contributed by atoms with Crippen LogP contribution in [0, 0.1) is 5.92 Å². The normalized spacial score (nSPS) is 22.5. The summed E-state index contributed by atoms with van der Waals surface area (Å²) in [5.41, 5.74) is 13.1. The summed E-state index contributed by atoms with van der Waals surface area (Å²) >= 11 is 0. The van der Waals surface area contributed by atoms with Crippen LogP contribution in [0.2, 0.25) is 0 Å². The number of sulfone groups is 1. The number of benzene rings is 1. The van der Waals surface area contributed by atoms with E-state index in [0.29, 0.717) is 19.3 Å². The molecule has 4 N–H and O–H groups in total. The zero-order valence-corrected chi connectivity index (χ0v) is 26.3. The van der Waals surface area contributed by atoms with E-state index >= 15 is 0 Å². The van der Waals surface area contributed by atoms with Crippen LogP contribution in [0.15, 0.2) is 34.3 Å². The highest BCUT2D eigenvalue weighted by Crippen LogP contribution is 2.32. The molecule has 0 spiro atoms. The predicted molar refractivity (Wildman–Crippen MR) is 163 cm³/mol. The van der Waals surface area contributed by atoms with Crippen molar-refractivity contribution in [3.63, 3.8) is 0 Å². The summed E-state index contributed by atoms with van der Waals surface area (Å²) in [6.45, 7) is -0.0716. The van der Waals surface area contributed by atoms with E-state index in [4.69, 9.17) is 11.3 Å². The summed E-state index contributed by atoms with van der Waals surface area (Å²) in [5, 5.41) is 9.32. The average Bonchev–Trinajstić information content (AvgIpc) is 3.45. The molecular weight excluding hydrogens is 602 g/mol. The summed E-state index contributed by atoms with van der Waals surface area (Å²) in [6, 6.07) is 2.52. The third-order valence-electron chi connectivity index (χ3n) is 9.25. The number of hydrogen-bond donors (Lipinski definition) is 3. The minimum atomic E-state index is -3.47. The molecule has 2 saturated carbocycles. The maximum absolute atomic E-state index is 14.2. The Morgan fingerprint density at radius 2 is 1.67 bits per heavy atom. The van der Waals surface area contributed by atoms with Crippen LogP contribution in [0.1, 0.15) is 87.4 Å². The topological polar surface area (TPSA) is 222 Å². The second kappa shape index (κ2) is 14.4. The number of nitrogens with two attached hydrogens (primary N) is 1. The number of ketones is 1. The van der Waals surface area contributed by atoms with Gasteiger partial charge in [-0.05, 0) is 61.4 Å². The van der Waals surface area contributed by atoms with Crippen LogP contribution in [0.4, 0.5) is 0 Å². The highest BCUT2D eigenvalue weighted by Gasteiger charge is 2.48. The molecule has 1 aromatic carbocycles. The first-order valence-electron chi connectivity index (χ1n) is 15.5. The van der Waals surface area contributed by atoms with Crippen molar-refractivity contribution in [1.29, 1.82) is 0 Å². The largest absolute Gasteiger partial charge is 0.363 e. The molecule has 0 bridgehead atoms. The molecule has 0 aromatic heterocycles. The van der Waals surface area contributed by atoms with E-state index in [1.54, 1.807) is 0 Å². The van der Waals surface area contributed by atoms with Crippen molar-refractivity contribution in [3.8, 4) is 0 Å². The molecule has 14 nitrogen and oxygen atoms in total. The van der Waals surface area contributed by atoms with Crippen LogP contribution >= 0.6 is 0 Å². The Bertz CT molecular complexity index is 1460. The van der Waals surface area contributed by atoms with Gasteiger partial charge in [-0.25, -0.2) is 8.42 Å². The molecule has 4 amide bonds. The fraction of sp³-hybridized carbons (Fsp3) is 0.633. The fourth-order valence-electron chi connectivity index (χ4n) is 6.85. The minimum Gasteiger partial charge on any atom is -0.363 e. The van der Waals surface area contributed by atoms with Gasteiger partial charge in [-0.2, -0.15) is 0 Å². The van der Waals surface area contributed by atoms with Gasteiger partial charge in [0.2, 0.25) is 17.6 Å².